The summed E-state index contributed by atoms with van der Waals surface area (Å²) in [5.74, 6) is 0.438. The van der Waals surface area contributed by atoms with Crippen LogP contribution in [0.15, 0.2) is 30.5 Å². The van der Waals surface area contributed by atoms with Crippen molar-refractivity contribution in [3.63, 3.8) is 0 Å². The first-order chi connectivity index (χ1) is 13.9. The van der Waals surface area contributed by atoms with E-state index in [0.29, 0.717) is 40.6 Å². The van der Waals surface area contributed by atoms with Crippen molar-refractivity contribution < 1.29 is 27.4 Å². The number of aromatic nitrogens is 3. The van der Waals surface area contributed by atoms with Crippen LogP contribution in [0.5, 0.6) is 11.5 Å². The third-order valence-electron chi connectivity index (χ3n) is 4.82. The Bertz CT molecular complexity index is 1120. The maximum atomic E-state index is 13.5. The Morgan fingerprint density at radius 3 is 2.62 bits per heavy atom. The molecule has 0 radical (unpaired) electrons. The maximum Gasteiger partial charge on any atom is 0.433 e. The Hall–Kier alpha value is -3.30. The van der Waals surface area contributed by atoms with Crippen molar-refractivity contribution in [2.45, 2.75) is 24.9 Å². The van der Waals surface area contributed by atoms with E-state index >= 15 is 0 Å². The van der Waals surface area contributed by atoms with Gasteiger partial charge in [-0.25, -0.2) is 9.50 Å². The van der Waals surface area contributed by atoms with Gasteiger partial charge in [0.1, 0.15) is 24.5 Å². The zero-order chi connectivity index (χ0) is 20.2. The molecular weight excluding hydrogens is 389 g/mol. The number of fused-ring (bicyclic) bond motifs is 2. The van der Waals surface area contributed by atoms with E-state index in [1.54, 1.807) is 18.2 Å². The number of anilines is 1. The number of alkyl halides is 3. The van der Waals surface area contributed by atoms with Gasteiger partial charge in [0.2, 0.25) is 0 Å². The number of benzene rings is 1. The van der Waals surface area contributed by atoms with Crippen LogP contribution in [0.25, 0.3) is 5.65 Å². The highest BCUT2D eigenvalue weighted by molar-refractivity contribution is 6.08. The van der Waals surface area contributed by atoms with Crippen molar-refractivity contribution in [1.29, 1.82) is 0 Å². The lowest BCUT2D eigenvalue weighted by Gasteiger charge is -2.18. The summed E-state index contributed by atoms with van der Waals surface area (Å²) in [4.78, 5) is 17.1. The molecule has 2 aromatic heterocycles. The van der Waals surface area contributed by atoms with Crippen LogP contribution in [-0.2, 0) is 6.18 Å². The molecule has 150 valence electrons. The summed E-state index contributed by atoms with van der Waals surface area (Å²) in [7, 11) is 0. The third-order valence-corrected chi connectivity index (χ3v) is 4.82. The fraction of sp³-hybridized carbons (Fsp3) is 0.316. The van der Waals surface area contributed by atoms with E-state index in [4.69, 9.17) is 9.47 Å². The molecule has 0 unspecified atom stereocenters. The molecule has 0 saturated heterocycles. The first kappa shape index (κ1) is 17.8. The van der Waals surface area contributed by atoms with E-state index in [1.807, 2.05) is 0 Å². The number of nitrogens with zero attached hydrogens (tertiary/aromatic N) is 3. The zero-order valence-corrected chi connectivity index (χ0v) is 15.0. The van der Waals surface area contributed by atoms with Gasteiger partial charge in [-0.05, 0) is 31.0 Å². The average molecular weight is 404 g/mol. The number of nitrogens with one attached hydrogen (secondary N) is 1. The fourth-order valence-electron chi connectivity index (χ4n) is 3.25. The predicted octanol–water partition coefficient (Wildman–Crippen LogP) is 3.65. The van der Waals surface area contributed by atoms with Crippen molar-refractivity contribution in [2.24, 2.45) is 0 Å². The minimum atomic E-state index is -4.61. The molecule has 29 heavy (non-hydrogen) atoms. The minimum absolute atomic E-state index is 0.00953. The molecule has 1 amide bonds. The fourth-order valence-corrected chi connectivity index (χ4v) is 3.25. The summed E-state index contributed by atoms with van der Waals surface area (Å²) in [5.41, 5.74) is -0.334. The van der Waals surface area contributed by atoms with E-state index in [-0.39, 0.29) is 17.1 Å². The molecule has 1 N–H and O–H groups in total. The van der Waals surface area contributed by atoms with Crippen molar-refractivity contribution in [2.75, 3.05) is 18.5 Å². The molecule has 1 fully saturated rings. The van der Waals surface area contributed by atoms with Crippen LogP contribution in [0.4, 0.5) is 18.9 Å². The highest BCUT2D eigenvalue weighted by Crippen LogP contribution is 2.41. The number of hydrogen-bond donors (Lipinski definition) is 1. The molecule has 0 bridgehead atoms. The van der Waals surface area contributed by atoms with E-state index in [1.165, 1.54) is 0 Å². The van der Waals surface area contributed by atoms with Gasteiger partial charge in [0.15, 0.2) is 17.1 Å². The first-order valence-corrected chi connectivity index (χ1v) is 9.07. The summed E-state index contributed by atoms with van der Waals surface area (Å²) < 4.78 is 52.0. The van der Waals surface area contributed by atoms with Gasteiger partial charge in [-0.1, -0.05) is 0 Å². The second-order valence-corrected chi connectivity index (χ2v) is 6.94. The van der Waals surface area contributed by atoms with E-state index < -0.39 is 17.8 Å². The maximum absolute atomic E-state index is 13.5. The number of ether oxygens (including phenoxy) is 2. The number of hydrogen-bond acceptors (Lipinski definition) is 5. The molecule has 0 spiro atoms. The second-order valence-electron chi connectivity index (χ2n) is 6.94. The zero-order valence-electron chi connectivity index (χ0n) is 15.0. The normalized spacial score (nSPS) is 16.1. The largest absolute Gasteiger partial charge is 0.486 e. The Labute approximate surface area is 162 Å². The van der Waals surface area contributed by atoms with Gasteiger partial charge in [-0.3, -0.25) is 4.79 Å². The summed E-state index contributed by atoms with van der Waals surface area (Å²) >= 11 is 0. The molecule has 5 rings (SSSR count). The van der Waals surface area contributed by atoms with Crippen LogP contribution >= 0.6 is 0 Å². The SMILES string of the molecule is O=C(Nc1ccc2c(c1)OCCO2)c1cnn2c(C(F)(F)F)cc(C3CC3)nc12. The van der Waals surface area contributed by atoms with Gasteiger partial charge in [0.25, 0.3) is 5.91 Å². The summed E-state index contributed by atoms with van der Waals surface area (Å²) in [6.45, 7) is 0.837. The van der Waals surface area contributed by atoms with Crippen molar-refractivity contribution in [3.8, 4) is 11.5 Å². The van der Waals surface area contributed by atoms with Gasteiger partial charge in [0.05, 0.1) is 6.20 Å². The number of carbonyl (C=O) groups excluding carboxylic acids is 1. The quantitative estimate of drug-likeness (QED) is 0.721. The summed E-state index contributed by atoms with van der Waals surface area (Å²) in [6, 6.07) is 5.90. The lowest BCUT2D eigenvalue weighted by molar-refractivity contribution is -0.142. The molecule has 0 atom stereocenters. The molecule has 2 aliphatic rings. The molecule has 1 aliphatic heterocycles. The van der Waals surface area contributed by atoms with Crippen LogP contribution < -0.4 is 14.8 Å². The smallest absolute Gasteiger partial charge is 0.433 e. The van der Waals surface area contributed by atoms with E-state index in [0.717, 1.165) is 25.1 Å². The minimum Gasteiger partial charge on any atom is -0.486 e. The lowest BCUT2D eigenvalue weighted by Crippen LogP contribution is -2.17. The third kappa shape index (κ3) is 3.24. The molecule has 3 aromatic rings. The topological polar surface area (TPSA) is 77.8 Å². The van der Waals surface area contributed by atoms with Gasteiger partial charge in [0, 0.05) is 23.4 Å². The molecule has 1 aromatic carbocycles. The monoisotopic (exact) mass is 404 g/mol. The molecular formula is C19H15F3N4O3. The Morgan fingerprint density at radius 2 is 1.90 bits per heavy atom. The van der Waals surface area contributed by atoms with Crippen LogP contribution in [0.1, 0.15) is 40.5 Å². The number of halogens is 3. The molecule has 3 heterocycles. The van der Waals surface area contributed by atoms with Gasteiger partial charge < -0.3 is 14.8 Å². The first-order valence-electron chi connectivity index (χ1n) is 9.07. The van der Waals surface area contributed by atoms with Crippen molar-refractivity contribution in [1.82, 2.24) is 14.6 Å². The van der Waals surface area contributed by atoms with Gasteiger partial charge in [-0.15, -0.1) is 0 Å². The van der Waals surface area contributed by atoms with Crippen LogP contribution in [0.3, 0.4) is 0 Å². The molecule has 1 saturated carbocycles. The van der Waals surface area contributed by atoms with Crippen LogP contribution in [-0.4, -0.2) is 33.7 Å². The standard InChI is InChI=1S/C19H15F3N4O3/c20-19(21,22)16-8-13(10-1-2-10)25-17-12(9-23-26(16)17)18(27)24-11-3-4-14-15(7-11)29-6-5-28-14/h3-4,7-10H,1-2,5-6H2,(H,24,27). The van der Waals surface area contributed by atoms with E-state index in [2.05, 4.69) is 15.4 Å². The molecule has 1 aliphatic carbocycles. The predicted molar refractivity (Wildman–Crippen MR) is 95.3 cm³/mol. The Balaban J connectivity index is 1.51. The Morgan fingerprint density at radius 1 is 1.14 bits per heavy atom. The lowest BCUT2D eigenvalue weighted by atomic mass is 10.2. The average Bonchev–Trinajstić information content (AvgIpc) is 3.45. The number of rotatable bonds is 3. The van der Waals surface area contributed by atoms with Crippen LogP contribution in [0.2, 0.25) is 0 Å². The van der Waals surface area contributed by atoms with Crippen molar-refractivity contribution >= 4 is 17.2 Å². The van der Waals surface area contributed by atoms with E-state index in [9.17, 15) is 18.0 Å². The molecule has 10 heteroatoms. The molecule has 7 nitrogen and oxygen atoms in total. The summed E-state index contributed by atoms with van der Waals surface area (Å²) in [5, 5.41) is 6.43. The number of amides is 1. The number of carbonyl (C=O) groups is 1. The van der Waals surface area contributed by atoms with Crippen LogP contribution in [0, 0.1) is 0 Å². The van der Waals surface area contributed by atoms with Gasteiger partial charge in [-0.2, -0.15) is 18.3 Å². The second kappa shape index (κ2) is 6.36. The van der Waals surface area contributed by atoms with Crippen molar-refractivity contribution in [3.05, 3.63) is 47.4 Å². The Kier molecular flexibility index (Phi) is 3.90. The highest BCUT2D eigenvalue weighted by atomic mass is 19.4. The van der Waals surface area contributed by atoms with Gasteiger partial charge >= 0.3 is 6.18 Å². The summed E-state index contributed by atoms with van der Waals surface area (Å²) in [6.07, 6.45) is -1.94. The highest BCUT2D eigenvalue weighted by Gasteiger charge is 2.38.